The van der Waals surface area contributed by atoms with Crippen LogP contribution in [-0.4, -0.2) is 5.91 Å². The number of aryl methyl sites for hydroxylation is 2. The molecule has 0 unspecified atom stereocenters. The molecule has 0 saturated heterocycles. The van der Waals surface area contributed by atoms with Gasteiger partial charge in [-0.05, 0) is 68.3 Å². The summed E-state index contributed by atoms with van der Waals surface area (Å²) in [6, 6.07) is 18.5. The van der Waals surface area contributed by atoms with Crippen molar-refractivity contribution in [1.82, 2.24) is 0 Å². The fourth-order valence-corrected chi connectivity index (χ4v) is 3.67. The van der Waals surface area contributed by atoms with E-state index in [1.54, 1.807) is 43.3 Å². The average Bonchev–Trinajstić information content (AvgIpc) is 2.74. The summed E-state index contributed by atoms with van der Waals surface area (Å²) in [5.41, 5.74) is 5.06. The Kier molecular flexibility index (Phi) is 7.58. The number of benzene rings is 3. The molecule has 3 aromatic carbocycles. The minimum Gasteiger partial charge on any atom is -0.488 e. The number of carbonyl (C=O) groups is 1. The zero-order chi connectivity index (χ0) is 23.3. The predicted molar refractivity (Wildman–Crippen MR) is 130 cm³/mol. The lowest BCUT2D eigenvalue weighted by molar-refractivity contribution is -0.112. The number of ether oxygens (including phenoxy) is 1. The number of halogens is 2. The Hall–Kier alpha value is -3.26. The van der Waals surface area contributed by atoms with Gasteiger partial charge in [0.1, 0.15) is 24.0 Å². The molecule has 0 bridgehead atoms. The molecule has 32 heavy (non-hydrogen) atoms. The second kappa shape index (κ2) is 10.4. The maximum atomic E-state index is 12.7. The van der Waals surface area contributed by atoms with E-state index >= 15 is 0 Å². The van der Waals surface area contributed by atoms with Crippen molar-refractivity contribution in [1.29, 1.82) is 5.26 Å². The maximum Gasteiger partial charge on any atom is 0.266 e. The van der Waals surface area contributed by atoms with Crippen molar-refractivity contribution in [3.63, 3.8) is 0 Å². The van der Waals surface area contributed by atoms with Gasteiger partial charge in [-0.3, -0.25) is 4.79 Å². The van der Waals surface area contributed by atoms with Crippen LogP contribution in [0.2, 0.25) is 10.0 Å². The van der Waals surface area contributed by atoms with E-state index in [4.69, 9.17) is 27.9 Å². The van der Waals surface area contributed by atoms with Gasteiger partial charge in [-0.15, -0.1) is 0 Å². The maximum absolute atomic E-state index is 12.7. The molecule has 0 radical (unpaired) electrons. The molecule has 0 aromatic heterocycles. The molecule has 0 fully saturated rings. The quantitative estimate of drug-likeness (QED) is 0.314. The van der Waals surface area contributed by atoms with Crippen molar-refractivity contribution < 1.29 is 9.53 Å². The topological polar surface area (TPSA) is 62.1 Å². The Morgan fingerprint density at radius 1 is 1.06 bits per heavy atom. The van der Waals surface area contributed by atoms with E-state index in [2.05, 4.69) is 23.5 Å². The highest BCUT2D eigenvalue weighted by atomic mass is 35.5. The Morgan fingerprint density at radius 2 is 1.78 bits per heavy atom. The molecular weight excluding hydrogens is 443 g/mol. The fourth-order valence-electron chi connectivity index (χ4n) is 3.31. The molecule has 6 heteroatoms. The lowest BCUT2D eigenvalue weighted by atomic mass is 10.1. The van der Waals surface area contributed by atoms with Crippen molar-refractivity contribution in [2.45, 2.75) is 27.4 Å². The van der Waals surface area contributed by atoms with E-state index in [-0.39, 0.29) is 5.57 Å². The van der Waals surface area contributed by atoms with Gasteiger partial charge in [-0.25, -0.2) is 0 Å². The number of nitrogens with one attached hydrogen (secondary N) is 1. The smallest absolute Gasteiger partial charge is 0.266 e. The lowest BCUT2D eigenvalue weighted by Gasteiger charge is -2.12. The van der Waals surface area contributed by atoms with Crippen LogP contribution in [0.1, 0.15) is 27.8 Å². The van der Waals surface area contributed by atoms with E-state index in [1.165, 1.54) is 6.08 Å². The average molecular weight is 465 g/mol. The highest BCUT2D eigenvalue weighted by molar-refractivity contribution is 6.32. The molecule has 0 aliphatic rings. The molecule has 0 spiro atoms. The monoisotopic (exact) mass is 464 g/mol. The third-order valence-corrected chi connectivity index (χ3v) is 5.47. The number of amides is 1. The predicted octanol–water partition coefficient (Wildman–Crippen LogP) is 7.04. The Morgan fingerprint density at radius 3 is 2.47 bits per heavy atom. The van der Waals surface area contributed by atoms with E-state index < -0.39 is 5.91 Å². The second-order valence-electron chi connectivity index (χ2n) is 7.50. The number of nitriles is 1. The van der Waals surface area contributed by atoms with Crippen molar-refractivity contribution in [3.8, 4) is 11.8 Å². The molecule has 3 rings (SSSR count). The summed E-state index contributed by atoms with van der Waals surface area (Å²) >= 11 is 12.3. The van der Waals surface area contributed by atoms with Gasteiger partial charge in [0.05, 0.1) is 0 Å². The molecular formula is C26H22Cl2N2O2. The number of hydrogen-bond acceptors (Lipinski definition) is 3. The van der Waals surface area contributed by atoms with Gasteiger partial charge >= 0.3 is 0 Å². The summed E-state index contributed by atoms with van der Waals surface area (Å²) < 4.78 is 6.00. The van der Waals surface area contributed by atoms with E-state index in [9.17, 15) is 10.1 Å². The summed E-state index contributed by atoms with van der Waals surface area (Å²) in [6.45, 7) is 6.21. The summed E-state index contributed by atoms with van der Waals surface area (Å²) in [7, 11) is 0. The first-order valence-corrected chi connectivity index (χ1v) is 10.7. The molecule has 0 atom stereocenters. The molecule has 0 heterocycles. The molecule has 1 amide bonds. The zero-order valence-corrected chi connectivity index (χ0v) is 19.5. The van der Waals surface area contributed by atoms with Crippen LogP contribution in [0.25, 0.3) is 6.08 Å². The van der Waals surface area contributed by atoms with Crippen LogP contribution in [0, 0.1) is 32.1 Å². The van der Waals surface area contributed by atoms with E-state index in [0.29, 0.717) is 33.7 Å². The van der Waals surface area contributed by atoms with Gasteiger partial charge < -0.3 is 10.1 Å². The van der Waals surface area contributed by atoms with Crippen LogP contribution < -0.4 is 10.1 Å². The fraction of sp³-hybridized carbons (Fsp3) is 0.154. The van der Waals surface area contributed by atoms with Gasteiger partial charge in [-0.2, -0.15) is 5.26 Å². The Labute approximate surface area is 198 Å². The standard InChI is InChI=1S/C26H22Cl2N2O2/c1-16-9-17(2)11-19(10-16)15-32-25-8-7-22(27)13-20(25)12-21(14-29)26(31)30-24-6-4-5-23(28)18(24)3/h4-13H,15H2,1-3H3,(H,30,31)/b21-12+. The van der Waals surface area contributed by atoms with Gasteiger partial charge in [0.25, 0.3) is 5.91 Å². The van der Waals surface area contributed by atoms with Crippen molar-refractivity contribution in [3.05, 3.63) is 98.0 Å². The summed E-state index contributed by atoms with van der Waals surface area (Å²) in [4.78, 5) is 12.7. The molecule has 3 aromatic rings. The second-order valence-corrected chi connectivity index (χ2v) is 8.35. The van der Waals surface area contributed by atoms with E-state index in [0.717, 1.165) is 22.3 Å². The number of anilines is 1. The summed E-state index contributed by atoms with van der Waals surface area (Å²) in [5, 5.41) is 13.3. The van der Waals surface area contributed by atoms with Crippen molar-refractivity contribution in [2.75, 3.05) is 5.32 Å². The first kappa shape index (κ1) is 23.4. The van der Waals surface area contributed by atoms with Crippen LogP contribution in [0.3, 0.4) is 0 Å². The molecule has 0 saturated carbocycles. The first-order valence-electron chi connectivity index (χ1n) is 9.94. The highest BCUT2D eigenvalue weighted by Crippen LogP contribution is 2.28. The summed E-state index contributed by atoms with van der Waals surface area (Å²) in [6.07, 6.45) is 1.47. The van der Waals surface area contributed by atoms with Gasteiger partial charge in [0.15, 0.2) is 0 Å². The molecule has 162 valence electrons. The van der Waals surface area contributed by atoms with Crippen LogP contribution in [0.4, 0.5) is 5.69 Å². The largest absolute Gasteiger partial charge is 0.488 e. The number of rotatable bonds is 6. The van der Waals surface area contributed by atoms with Crippen molar-refractivity contribution >= 4 is 40.9 Å². The minimum atomic E-state index is -0.543. The van der Waals surface area contributed by atoms with Gasteiger partial charge in [-0.1, -0.05) is 58.6 Å². The number of nitrogens with zero attached hydrogens (tertiary/aromatic N) is 1. The van der Waals surface area contributed by atoms with Crippen LogP contribution in [-0.2, 0) is 11.4 Å². The molecule has 0 aliphatic heterocycles. The lowest BCUT2D eigenvalue weighted by Crippen LogP contribution is -2.14. The van der Waals surface area contributed by atoms with Crippen LogP contribution in [0.15, 0.2) is 60.2 Å². The van der Waals surface area contributed by atoms with Gasteiger partial charge in [0.2, 0.25) is 0 Å². The normalized spacial score (nSPS) is 11.1. The highest BCUT2D eigenvalue weighted by Gasteiger charge is 2.14. The Balaban J connectivity index is 1.86. The molecule has 1 N–H and O–H groups in total. The molecule has 4 nitrogen and oxygen atoms in total. The zero-order valence-electron chi connectivity index (χ0n) is 18.0. The first-order chi connectivity index (χ1) is 15.3. The van der Waals surface area contributed by atoms with Gasteiger partial charge in [0, 0.05) is 21.3 Å². The van der Waals surface area contributed by atoms with Crippen LogP contribution in [0.5, 0.6) is 5.75 Å². The number of hydrogen-bond donors (Lipinski definition) is 1. The van der Waals surface area contributed by atoms with Crippen LogP contribution >= 0.6 is 23.2 Å². The molecule has 0 aliphatic carbocycles. The summed E-state index contributed by atoms with van der Waals surface area (Å²) in [5.74, 6) is -0.0221. The Bertz CT molecular complexity index is 1220. The SMILES string of the molecule is Cc1cc(C)cc(COc2ccc(Cl)cc2/C=C(\C#N)C(=O)Nc2cccc(Cl)c2C)c1. The van der Waals surface area contributed by atoms with Crippen molar-refractivity contribution in [2.24, 2.45) is 0 Å². The number of carbonyl (C=O) groups excluding carboxylic acids is 1. The van der Waals surface area contributed by atoms with E-state index in [1.807, 2.05) is 19.9 Å². The minimum absolute atomic E-state index is 0.0807. The third-order valence-electron chi connectivity index (χ3n) is 4.83. The third kappa shape index (κ3) is 5.91.